The molecule has 0 unspecified atom stereocenters. The minimum Gasteiger partial charge on any atom is -0.377 e. The van der Waals surface area contributed by atoms with E-state index in [1.165, 1.54) is 6.26 Å². The molecule has 0 radical (unpaired) electrons. The molecule has 0 bridgehead atoms. The van der Waals surface area contributed by atoms with Crippen molar-refractivity contribution in [3.63, 3.8) is 0 Å². The predicted octanol–water partition coefficient (Wildman–Crippen LogP) is 1.86. The van der Waals surface area contributed by atoms with Crippen molar-refractivity contribution in [3.8, 4) is 0 Å². The van der Waals surface area contributed by atoms with Gasteiger partial charge in [0.05, 0.1) is 6.10 Å². The largest absolute Gasteiger partial charge is 0.377 e. The summed E-state index contributed by atoms with van der Waals surface area (Å²) in [6.45, 7) is 7.88. The number of amides is 1. The molecule has 1 N–H and O–H groups in total. The lowest BCUT2D eigenvalue weighted by Crippen LogP contribution is -2.38. The molecular formula is C13H20N2O3. The predicted molar refractivity (Wildman–Crippen MR) is 66.1 cm³/mol. The Balaban J connectivity index is 1.88. The number of nitrogens with one attached hydrogen (secondary N) is 1. The van der Waals surface area contributed by atoms with Gasteiger partial charge in [0.1, 0.15) is 6.26 Å². The number of rotatable bonds is 3. The zero-order valence-electron chi connectivity index (χ0n) is 11.1. The molecule has 0 saturated carbocycles. The molecule has 2 rings (SSSR count). The number of aromatic nitrogens is 1. The molecule has 1 aliphatic rings. The molecule has 1 aliphatic heterocycles. The van der Waals surface area contributed by atoms with Crippen LogP contribution in [0.4, 0.5) is 0 Å². The average Bonchev–Trinajstić information content (AvgIpc) is 2.95. The van der Waals surface area contributed by atoms with Gasteiger partial charge in [-0.2, -0.15) is 0 Å². The van der Waals surface area contributed by atoms with Crippen LogP contribution in [0.2, 0.25) is 0 Å². The zero-order valence-corrected chi connectivity index (χ0v) is 11.1. The normalized spacial score (nSPS) is 24.2. The summed E-state index contributed by atoms with van der Waals surface area (Å²) in [6.07, 6.45) is 2.57. The maximum Gasteiger partial charge on any atom is 0.273 e. The number of carbonyl (C=O) groups excluding carboxylic acids is 1. The van der Waals surface area contributed by atoms with Crippen molar-refractivity contribution in [2.75, 3.05) is 13.2 Å². The summed E-state index contributed by atoms with van der Waals surface area (Å²) in [5.41, 5.74) is 0.418. The third kappa shape index (κ3) is 2.90. The van der Waals surface area contributed by atoms with Crippen LogP contribution in [0, 0.1) is 11.3 Å². The van der Waals surface area contributed by atoms with Crippen molar-refractivity contribution in [1.82, 2.24) is 10.5 Å². The van der Waals surface area contributed by atoms with E-state index in [4.69, 9.17) is 4.74 Å². The Morgan fingerprint density at radius 3 is 2.94 bits per heavy atom. The number of carbonyl (C=O) groups is 1. The monoisotopic (exact) mass is 252 g/mol. The van der Waals surface area contributed by atoms with E-state index in [1.54, 1.807) is 6.07 Å². The van der Waals surface area contributed by atoms with Crippen molar-refractivity contribution in [2.45, 2.75) is 33.3 Å². The standard InChI is InChI=1S/C13H20N2O3/c1-13(2,3)11-9(4-6-17-11)8-14-12(16)10-5-7-18-15-10/h5,7,9,11H,4,6,8H2,1-3H3,(H,14,16)/t9-,11+/m1/s1. The fourth-order valence-electron chi connectivity index (χ4n) is 2.44. The van der Waals surface area contributed by atoms with Crippen LogP contribution in [0.3, 0.4) is 0 Å². The number of ether oxygens (including phenoxy) is 1. The summed E-state index contributed by atoms with van der Waals surface area (Å²) in [7, 11) is 0. The fourth-order valence-corrected chi connectivity index (χ4v) is 2.44. The molecule has 1 aromatic heterocycles. The number of nitrogens with zero attached hydrogens (tertiary/aromatic N) is 1. The Hall–Kier alpha value is -1.36. The zero-order chi connectivity index (χ0) is 13.2. The molecule has 0 aliphatic carbocycles. The third-order valence-electron chi connectivity index (χ3n) is 3.26. The summed E-state index contributed by atoms with van der Waals surface area (Å²) in [5, 5.41) is 6.50. The van der Waals surface area contributed by atoms with Crippen LogP contribution in [-0.4, -0.2) is 30.3 Å². The molecule has 1 aromatic rings. The Kier molecular flexibility index (Phi) is 3.71. The van der Waals surface area contributed by atoms with Crippen molar-refractivity contribution < 1.29 is 14.1 Å². The van der Waals surface area contributed by atoms with Crippen molar-refractivity contribution in [3.05, 3.63) is 18.0 Å². The second-order valence-electron chi connectivity index (χ2n) is 5.80. The SMILES string of the molecule is CC(C)(C)[C@H]1OCC[C@@H]1CNC(=O)c1ccon1. The van der Waals surface area contributed by atoms with Crippen LogP contribution in [0.5, 0.6) is 0 Å². The molecule has 1 amide bonds. The van der Waals surface area contributed by atoms with E-state index < -0.39 is 0 Å². The van der Waals surface area contributed by atoms with Crippen LogP contribution in [0.1, 0.15) is 37.7 Å². The van der Waals surface area contributed by atoms with Crippen molar-refractivity contribution in [1.29, 1.82) is 0 Å². The summed E-state index contributed by atoms with van der Waals surface area (Å²) in [4.78, 5) is 11.7. The number of hydrogen-bond acceptors (Lipinski definition) is 4. The Morgan fingerprint density at radius 1 is 1.56 bits per heavy atom. The molecule has 1 saturated heterocycles. The molecule has 0 spiro atoms. The first-order chi connectivity index (χ1) is 8.48. The highest BCUT2D eigenvalue weighted by molar-refractivity contribution is 5.91. The fraction of sp³-hybridized carbons (Fsp3) is 0.692. The second kappa shape index (κ2) is 5.10. The van der Waals surface area contributed by atoms with Gasteiger partial charge in [0.2, 0.25) is 0 Å². The highest BCUT2D eigenvalue weighted by Gasteiger charge is 2.37. The summed E-state index contributed by atoms with van der Waals surface area (Å²) in [5.74, 6) is 0.171. The van der Waals surface area contributed by atoms with Gasteiger partial charge in [-0.05, 0) is 11.8 Å². The molecule has 100 valence electrons. The van der Waals surface area contributed by atoms with Gasteiger partial charge in [-0.15, -0.1) is 0 Å². The summed E-state index contributed by atoms with van der Waals surface area (Å²) in [6, 6.07) is 1.56. The lowest BCUT2D eigenvalue weighted by molar-refractivity contribution is 0.00735. The summed E-state index contributed by atoms with van der Waals surface area (Å²) < 4.78 is 10.4. The number of hydrogen-bond donors (Lipinski definition) is 1. The van der Waals surface area contributed by atoms with Crippen LogP contribution in [0.15, 0.2) is 16.9 Å². The van der Waals surface area contributed by atoms with E-state index in [1.807, 2.05) is 0 Å². The molecular weight excluding hydrogens is 232 g/mol. The Morgan fingerprint density at radius 2 is 2.33 bits per heavy atom. The lowest BCUT2D eigenvalue weighted by Gasteiger charge is -2.31. The van der Waals surface area contributed by atoms with Gasteiger partial charge >= 0.3 is 0 Å². The van der Waals surface area contributed by atoms with E-state index in [9.17, 15) is 4.79 Å². The highest BCUT2D eigenvalue weighted by Crippen LogP contribution is 2.34. The molecule has 1 fully saturated rings. The second-order valence-corrected chi connectivity index (χ2v) is 5.80. The first-order valence-electron chi connectivity index (χ1n) is 6.28. The molecule has 0 aromatic carbocycles. The van der Waals surface area contributed by atoms with E-state index in [2.05, 4.69) is 35.8 Å². The Bertz CT molecular complexity index is 395. The van der Waals surface area contributed by atoms with Crippen LogP contribution in [-0.2, 0) is 4.74 Å². The van der Waals surface area contributed by atoms with Crippen molar-refractivity contribution in [2.24, 2.45) is 11.3 Å². The first kappa shape index (κ1) is 13.1. The quantitative estimate of drug-likeness (QED) is 0.891. The molecule has 5 heteroatoms. The molecule has 2 atom stereocenters. The van der Waals surface area contributed by atoms with Gasteiger partial charge in [-0.3, -0.25) is 4.79 Å². The van der Waals surface area contributed by atoms with Gasteiger partial charge in [-0.1, -0.05) is 25.9 Å². The van der Waals surface area contributed by atoms with Crippen LogP contribution in [0.25, 0.3) is 0 Å². The van der Waals surface area contributed by atoms with Crippen LogP contribution >= 0.6 is 0 Å². The van der Waals surface area contributed by atoms with Gasteiger partial charge in [-0.25, -0.2) is 0 Å². The van der Waals surface area contributed by atoms with Crippen molar-refractivity contribution >= 4 is 5.91 Å². The van der Waals surface area contributed by atoms with Gasteiger partial charge in [0.25, 0.3) is 5.91 Å². The maximum atomic E-state index is 11.7. The van der Waals surface area contributed by atoms with E-state index >= 15 is 0 Å². The van der Waals surface area contributed by atoms with E-state index in [-0.39, 0.29) is 17.4 Å². The van der Waals surface area contributed by atoms with Gasteiger partial charge in [0.15, 0.2) is 5.69 Å². The van der Waals surface area contributed by atoms with E-state index in [0.717, 1.165) is 13.0 Å². The highest BCUT2D eigenvalue weighted by atomic mass is 16.5. The minimum absolute atomic E-state index is 0.0970. The smallest absolute Gasteiger partial charge is 0.273 e. The van der Waals surface area contributed by atoms with Gasteiger partial charge in [0, 0.05) is 25.1 Å². The average molecular weight is 252 g/mol. The van der Waals surface area contributed by atoms with E-state index in [0.29, 0.717) is 18.2 Å². The molecule has 5 nitrogen and oxygen atoms in total. The molecule has 2 heterocycles. The van der Waals surface area contributed by atoms with Crippen LogP contribution < -0.4 is 5.32 Å². The maximum absolute atomic E-state index is 11.7. The lowest BCUT2D eigenvalue weighted by atomic mass is 9.81. The van der Waals surface area contributed by atoms with Gasteiger partial charge < -0.3 is 14.6 Å². The third-order valence-corrected chi connectivity index (χ3v) is 3.26. The molecule has 18 heavy (non-hydrogen) atoms. The minimum atomic E-state index is -0.191. The summed E-state index contributed by atoms with van der Waals surface area (Å²) >= 11 is 0. The Labute approximate surface area is 107 Å². The first-order valence-corrected chi connectivity index (χ1v) is 6.28. The topological polar surface area (TPSA) is 64.4 Å².